The Morgan fingerprint density at radius 1 is 0.744 bits per heavy atom. The third-order valence-corrected chi connectivity index (χ3v) is 5.25. The van der Waals surface area contributed by atoms with Gasteiger partial charge < -0.3 is 40.5 Å². The minimum Gasteiger partial charge on any atom is -0.444 e. The number of hydrogen-bond acceptors (Lipinski definition) is 6. The molecule has 2 rings (SSSR count). The van der Waals surface area contributed by atoms with Crippen molar-refractivity contribution in [3.63, 3.8) is 0 Å². The molecule has 0 aromatic carbocycles. The van der Waals surface area contributed by atoms with Crippen LogP contribution in [0.2, 0.25) is 0 Å². The van der Waals surface area contributed by atoms with Gasteiger partial charge in [-0.15, -0.1) is 0 Å². The Hall–Kier alpha value is -4.29. The summed E-state index contributed by atoms with van der Waals surface area (Å²) in [7, 11) is 3.33. The van der Waals surface area contributed by atoms with E-state index in [0.29, 0.717) is 23.6 Å². The molecule has 214 valence electrons. The number of nitrogens with zero attached hydrogens (tertiary/aromatic N) is 2. The monoisotopic (exact) mass is 545 g/mol. The highest BCUT2D eigenvalue weighted by molar-refractivity contribution is 6.05. The Bertz CT molecular complexity index is 1190. The molecule has 2 heterocycles. The summed E-state index contributed by atoms with van der Waals surface area (Å²) in [6.07, 6.45) is 3.62. The number of alkyl carbamates (subject to hydrolysis) is 1. The number of anilines is 2. The zero-order chi connectivity index (χ0) is 29.2. The predicted molar refractivity (Wildman–Crippen MR) is 147 cm³/mol. The molecule has 5 N–H and O–H groups in total. The van der Waals surface area contributed by atoms with E-state index in [0.717, 1.165) is 6.42 Å². The summed E-state index contributed by atoms with van der Waals surface area (Å²) in [5, 5.41) is 13.4. The molecule has 13 heteroatoms. The summed E-state index contributed by atoms with van der Waals surface area (Å²) >= 11 is 0. The lowest BCUT2D eigenvalue weighted by Crippen LogP contribution is -2.34. The number of amides is 5. The molecule has 0 aliphatic heterocycles. The smallest absolute Gasteiger partial charge is 0.407 e. The van der Waals surface area contributed by atoms with E-state index >= 15 is 0 Å². The van der Waals surface area contributed by atoms with Crippen LogP contribution in [-0.4, -0.2) is 64.1 Å². The molecule has 0 saturated carbocycles. The van der Waals surface area contributed by atoms with Crippen molar-refractivity contribution in [2.45, 2.75) is 52.6 Å². The van der Waals surface area contributed by atoms with Crippen molar-refractivity contribution >= 4 is 41.1 Å². The molecule has 0 bridgehead atoms. The third-order valence-electron chi connectivity index (χ3n) is 5.25. The van der Waals surface area contributed by atoms with Gasteiger partial charge >= 0.3 is 6.09 Å². The lowest BCUT2D eigenvalue weighted by molar-refractivity contribution is -0.121. The standard InChI is InChI=1S/C26H39N7O6/c1-7-10-27-21(34)8-11-28-23(36)19-14-18(16-32(19)5)31-24(37)20-13-17(15-33(20)6)30-22(35)9-12-29-25(38)39-26(2,3)4/h13-16H,7-12H2,1-6H3,(H,27,34)(H,28,36)(H,29,38)(H,30,35)(H,31,37). The third kappa shape index (κ3) is 10.5. The van der Waals surface area contributed by atoms with Crippen LogP contribution >= 0.6 is 0 Å². The van der Waals surface area contributed by atoms with Crippen molar-refractivity contribution < 1.29 is 28.7 Å². The van der Waals surface area contributed by atoms with E-state index in [4.69, 9.17) is 4.74 Å². The largest absolute Gasteiger partial charge is 0.444 e. The molecule has 0 spiro atoms. The fourth-order valence-corrected chi connectivity index (χ4v) is 3.46. The second-order valence-electron chi connectivity index (χ2n) is 9.99. The Morgan fingerprint density at radius 2 is 1.28 bits per heavy atom. The van der Waals surface area contributed by atoms with E-state index in [1.165, 1.54) is 12.1 Å². The molecular formula is C26H39N7O6. The van der Waals surface area contributed by atoms with Crippen LogP contribution in [0.25, 0.3) is 0 Å². The number of carbonyl (C=O) groups is 5. The van der Waals surface area contributed by atoms with E-state index in [-0.39, 0.29) is 49.3 Å². The zero-order valence-corrected chi connectivity index (χ0v) is 23.4. The number of aryl methyl sites for hydroxylation is 2. The highest BCUT2D eigenvalue weighted by Crippen LogP contribution is 2.17. The molecule has 39 heavy (non-hydrogen) atoms. The van der Waals surface area contributed by atoms with Crippen molar-refractivity contribution in [3.05, 3.63) is 35.9 Å². The minimum absolute atomic E-state index is 0.0218. The van der Waals surface area contributed by atoms with Gasteiger partial charge in [0.2, 0.25) is 11.8 Å². The van der Waals surface area contributed by atoms with E-state index in [1.54, 1.807) is 56.4 Å². The van der Waals surface area contributed by atoms with Crippen molar-refractivity contribution in [2.24, 2.45) is 14.1 Å². The molecule has 2 aromatic heterocycles. The quantitative estimate of drug-likeness (QED) is 0.274. The van der Waals surface area contributed by atoms with Gasteiger partial charge in [-0.05, 0) is 39.3 Å². The average Bonchev–Trinajstić information content (AvgIpc) is 3.37. The predicted octanol–water partition coefficient (Wildman–Crippen LogP) is 2.12. The summed E-state index contributed by atoms with van der Waals surface area (Å²) in [6.45, 7) is 8.07. The summed E-state index contributed by atoms with van der Waals surface area (Å²) in [5.74, 6) is -1.28. The van der Waals surface area contributed by atoms with Gasteiger partial charge in [0, 0.05) is 59.0 Å². The van der Waals surface area contributed by atoms with Gasteiger partial charge in [-0.3, -0.25) is 19.2 Å². The maximum atomic E-state index is 12.9. The molecule has 0 fully saturated rings. The van der Waals surface area contributed by atoms with Crippen LogP contribution < -0.4 is 26.6 Å². The first-order valence-electron chi connectivity index (χ1n) is 12.7. The van der Waals surface area contributed by atoms with Crippen LogP contribution in [0, 0.1) is 0 Å². The number of carbonyl (C=O) groups excluding carboxylic acids is 5. The van der Waals surface area contributed by atoms with E-state index in [2.05, 4.69) is 26.6 Å². The average molecular weight is 546 g/mol. The first-order valence-corrected chi connectivity index (χ1v) is 12.7. The fraction of sp³-hybridized carbons (Fsp3) is 0.500. The Kier molecular flexibility index (Phi) is 11.1. The van der Waals surface area contributed by atoms with Gasteiger partial charge in [0.05, 0.1) is 11.4 Å². The molecule has 2 aromatic rings. The second-order valence-corrected chi connectivity index (χ2v) is 9.99. The van der Waals surface area contributed by atoms with Gasteiger partial charge in [-0.2, -0.15) is 0 Å². The Labute approximate surface area is 228 Å². The maximum absolute atomic E-state index is 12.9. The molecule has 0 aliphatic carbocycles. The van der Waals surface area contributed by atoms with Crippen LogP contribution in [0.3, 0.4) is 0 Å². The minimum atomic E-state index is -0.631. The lowest BCUT2D eigenvalue weighted by atomic mass is 10.2. The SMILES string of the molecule is CCCNC(=O)CCNC(=O)c1cc(NC(=O)c2cc(NC(=O)CCNC(=O)OC(C)(C)C)cn2C)cn1C. The van der Waals surface area contributed by atoms with Crippen LogP contribution in [0.1, 0.15) is 67.9 Å². The summed E-state index contributed by atoms with van der Waals surface area (Å²) in [5.41, 5.74) is 0.798. The van der Waals surface area contributed by atoms with Crippen molar-refractivity contribution in [2.75, 3.05) is 30.3 Å². The van der Waals surface area contributed by atoms with Crippen molar-refractivity contribution in [1.29, 1.82) is 0 Å². The molecule has 0 atom stereocenters. The van der Waals surface area contributed by atoms with E-state index in [1.807, 2.05) is 6.92 Å². The summed E-state index contributed by atoms with van der Waals surface area (Å²) in [6, 6.07) is 3.06. The lowest BCUT2D eigenvalue weighted by Gasteiger charge is -2.19. The first kappa shape index (κ1) is 30.9. The van der Waals surface area contributed by atoms with Crippen molar-refractivity contribution in [1.82, 2.24) is 25.1 Å². The first-order chi connectivity index (χ1) is 18.3. The van der Waals surface area contributed by atoms with Gasteiger partial charge in [0.15, 0.2) is 0 Å². The molecule has 13 nitrogen and oxygen atoms in total. The summed E-state index contributed by atoms with van der Waals surface area (Å²) in [4.78, 5) is 61.0. The Balaban J connectivity index is 1.88. The van der Waals surface area contributed by atoms with Gasteiger partial charge in [-0.1, -0.05) is 6.92 Å². The number of nitrogens with one attached hydrogen (secondary N) is 5. The van der Waals surface area contributed by atoms with Crippen LogP contribution in [0.15, 0.2) is 24.5 Å². The van der Waals surface area contributed by atoms with Crippen LogP contribution in [-0.2, 0) is 28.4 Å². The molecular weight excluding hydrogens is 506 g/mol. The van der Waals surface area contributed by atoms with Gasteiger partial charge in [-0.25, -0.2) is 4.79 Å². The van der Waals surface area contributed by atoms with Crippen molar-refractivity contribution in [3.8, 4) is 0 Å². The highest BCUT2D eigenvalue weighted by atomic mass is 16.6. The number of ether oxygens (including phenoxy) is 1. The molecule has 0 radical (unpaired) electrons. The zero-order valence-electron chi connectivity index (χ0n) is 23.4. The van der Waals surface area contributed by atoms with E-state index < -0.39 is 17.6 Å². The fourth-order valence-electron chi connectivity index (χ4n) is 3.46. The van der Waals surface area contributed by atoms with Gasteiger partial charge in [0.25, 0.3) is 11.8 Å². The van der Waals surface area contributed by atoms with Gasteiger partial charge in [0.1, 0.15) is 17.0 Å². The molecule has 0 saturated heterocycles. The normalized spacial score (nSPS) is 10.9. The van der Waals surface area contributed by atoms with E-state index in [9.17, 15) is 24.0 Å². The van der Waals surface area contributed by atoms with Crippen LogP contribution in [0.4, 0.5) is 16.2 Å². The Morgan fingerprint density at radius 3 is 1.87 bits per heavy atom. The van der Waals surface area contributed by atoms with Crippen LogP contribution in [0.5, 0.6) is 0 Å². The number of hydrogen-bond donors (Lipinski definition) is 5. The molecule has 5 amide bonds. The maximum Gasteiger partial charge on any atom is 0.407 e. The number of aromatic nitrogens is 2. The topological polar surface area (TPSA) is 165 Å². The molecule has 0 unspecified atom stereocenters. The second kappa shape index (κ2) is 14.0. The number of rotatable bonds is 12. The molecule has 0 aliphatic rings. The highest BCUT2D eigenvalue weighted by Gasteiger charge is 2.18. The summed E-state index contributed by atoms with van der Waals surface area (Å²) < 4.78 is 8.26.